The lowest BCUT2D eigenvalue weighted by Gasteiger charge is -2.37. The molecule has 2 fully saturated rings. The minimum atomic E-state index is 0.269. The van der Waals surface area contributed by atoms with Crippen LogP contribution < -0.4 is 15.0 Å². The number of methoxy groups -OCH3 is 1. The molecule has 2 aliphatic heterocycles. The quantitative estimate of drug-likeness (QED) is 0.520. The smallest absolute Gasteiger partial charge is 0.222 e. The summed E-state index contributed by atoms with van der Waals surface area (Å²) >= 11 is 0. The number of nitrogens with one attached hydrogen (secondary N) is 1. The summed E-state index contributed by atoms with van der Waals surface area (Å²) in [6.45, 7) is 8.97. The molecule has 2 aliphatic rings. The first-order chi connectivity index (χ1) is 16.2. The maximum Gasteiger partial charge on any atom is 0.222 e. The molecule has 0 spiro atoms. The molecule has 4 rings (SSSR count). The molecule has 1 amide bonds. The second kappa shape index (κ2) is 11.1. The van der Waals surface area contributed by atoms with E-state index in [1.165, 1.54) is 16.8 Å². The van der Waals surface area contributed by atoms with E-state index in [4.69, 9.17) is 9.73 Å². The zero-order chi connectivity index (χ0) is 23.0. The van der Waals surface area contributed by atoms with Crippen LogP contribution in [0.5, 0.6) is 5.75 Å². The number of rotatable bonds is 7. The molecule has 7 nitrogen and oxygen atoms in total. The van der Waals surface area contributed by atoms with Crippen molar-refractivity contribution in [3.63, 3.8) is 0 Å². The average Bonchev–Trinajstić information content (AvgIpc) is 3.27. The van der Waals surface area contributed by atoms with E-state index in [-0.39, 0.29) is 5.91 Å². The number of benzene rings is 2. The Bertz CT molecular complexity index is 934. The molecule has 0 unspecified atom stereocenters. The number of aliphatic imine (C=N–C) groups is 1. The molecular weight excluding hydrogens is 414 g/mol. The molecule has 2 saturated heterocycles. The van der Waals surface area contributed by atoms with E-state index in [2.05, 4.69) is 58.4 Å². The van der Waals surface area contributed by atoms with Gasteiger partial charge in [-0.25, -0.2) is 4.99 Å². The molecule has 1 N–H and O–H groups in total. The van der Waals surface area contributed by atoms with E-state index in [9.17, 15) is 4.79 Å². The summed E-state index contributed by atoms with van der Waals surface area (Å²) < 4.78 is 5.27. The second-order valence-electron chi connectivity index (χ2n) is 8.58. The maximum atomic E-state index is 11.9. The van der Waals surface area contributed by atoms with Crippen LogP contribution in [0.25, 0.3) is 0 Å². The molecule has 0 aliphatic carbocycles. The Labute approximate surface area is 197 Å². The molecule has 2 aromatic rings. The van der Waals surface area contributed by atoms with Crippen LogP contribution in [0, 0.1) is 0 Å². The predicted octanol–water partition coefficient (Wildman–Crippen LogP) is 3.11. The Morgan fingerprint density at radius 1 is 0.970 bits per heavy atom. The van der Waals surface area contributed by atoms with Gasteiger partial charge >= 0.3 is 0 Å². The van der Waals surface area contributed by atoms with Crippen molar-refractivity contribution in [1.82, 2.24) is 15.1 Å². The number of hydrogen-bond acceptors (Lipinski definition) is 4. The fourth-order valence-electron chi connectivity index (χ4n) is 4.40. The van der Waals surface area contributed by atoms with E-state index >= 15 is 0 Å². The van der Waals surface area contributed by atoms with E-state index in [0.717, 1.165) is 57.4 Å². The van der Waals surface area contributed by atoms with Gasteiger partial charge in [0.2, 0.25) is 5.91 Å². The number of carbonyl (C=O) groups excluding carboxylic acids is 1. The highest BCUT2D eigenvalue weighted by atomic mass is 16.5. The number of likely N-dealkylation sites (tertiary alicyclic amines) is 1. The minimum Gasteiger partial charge on any atom is -0.497 e. The molecule has 0 bridgehead atoms. The van der Waals surface area contributed by atoms with Gasteiger partial charge in [0, 0.05) is 57.9 Å². The van der Waals surface area contributed by atoms with Crippen molar-refractivity contribution >= 4 is 17.6 Å². The summed E-state index contributed by atoms with van der Waals surface area (Å²) in [6.07, 6.45) is 1.67. The van der Waals surface area contributed by atoms with Crippen LogP contribution in [0.15, 0.2) is 53.5 Å². The number of nitrogens with zero attached hydrogens (tertiary/aromatic N) is 4. The van der Waals surface area contributed by atoms with E-state index in [1.807, 2.05) is 17.0 Å². The Kier molecular flexibility index (Phi) is 7.70. The van der Waals surface area contributed by atoms with Gasteiger partial charge in [-0.15, -0.1) is 0 Å². The van der Waals surface area contributed by atoms with Gasteiger partial charge < -0.3 is 24.8 Å². The Morgan fingerprint density at radius 3 is 2.27 bits per heavy atom. The average molecular weight is 450 g/mol. The fourth-order valence-corrected chi connectivity index (χ4v) is 4.40. The fraction of sp³-hybridized carbons (Fsp3) is 0.462. The van der Waals surface area contributed by atoms with Crippen molar-refractivity contribution in [3.05, 3.63) is 59.7 Å². The summed E-state index contributed by atoms with van der Waals surface area (Å²) in [7, 11) is 1.69. The molecule has 2 heterocycles. The van der Waals surface area contributed by atoms with Gasteiger partial charge in [0.15, 0.2) is 5.96 Å². The Balaban J connectivity index is 1.32. The highest BCUT2D eigenvalue weighted by Crippen LogP contribution is 2.21. The number of amides is 1. The third-order valence-electron chi connectivity index (χ3n) is 6.33. The van der Waals surface area contributed by atoms with Crippen LogP contribution in [0.4, 0.5) is 5.69 Å². The number of guanidine groups is 1. The third-order valence-corrected chi connectivity index (χ3v) is 6.33. The van der Waals surface area contributed by atoms with Gasteiger partial charge in [-0.3, -0.25) is 4.79 Å². The minimum absolute atomic E-state index is 0.269. The third kappa shape index (κ3) is 5.97. The SMILES string of the molecule is CCNC(=NCc1ccc(CN2CCCC2=O)cc1)N1CCN(c2ccc(OC)cc2)CC1. The van der Waals surface area contributed by atoms with Gasteiger partial charge in [0.1, 0.15) is 5.75 Å². The molecule has 0 saturated carbocycles. The van der Waals surface area contributed by atoms with Crippen LogP contribution >= 0.6 is 0 Å². The predicted molar refractivity (Wildman–Crippen MR) is 133 cm³/mol. The highest BCUT2D eigenvalue weighted by molar-refractivity contribution is 5.80. The van der Waals surface area contributed by atoms with Crippen molar-refractivity contribution in [3.8, 4) is 5.75 Å². The zero-order valence-corrected chi connectivity index (χ0v) is 19.8. The number of ether oxygens (including phenoxy) is 1. The molecule has 33 heavy (non-hydrogen) atoms. The lowest BCUT2D eigenvalue weighted by Crippen LogP contribution is -2.52. The van der Waals surface area contributed by atoms with Crippen molar-refractivity contribution < 1.29 is 9.53 Å². The first kappa shape index (κ1) is 23.0. The lowest BCUT2D eigenvalue weighted by atomic mass is 10.1. The molecule has 0 atom stereocenters. The van der Waals surface area contributed by atoms with Gasteiger partial charge in [0.25, 0.3) is 0 Å². The molecule has 7 heteroatoms. The molecule has 176 valence electrons. The maximum absolute atomic E-state index is 11.9. The van der Waals surface area contributed by atoms with Gasteiger partial charge in [-0.2, -0.15) is 0 Å². The van der Waals surface area contributed by atoms with E-state index in [1.54, 1.807) is 7.11 Å². The first-order valence-corrected chi connectivity index (χ1v) is 11.9. The Morgan fingerprint density at radius 2 is 1.67 bits per heavy atom. The van der Waals surface area contributed by atoms with Gasteiger partial charge in [-0.05, 0) is 48.7 Å². The zero-order valence-electron chi connectivity index (χ0n) is 19.8. The molecule has 0 radical (unpaired) electrons. The van der Waals surface area contributed by atoms with Crippen LogP contribution in [0.1, 0.15) is 30.9 Å². The highest BCUT2D eigenvalue weighted by Gasteiger charge is 2.21. The Hall–Kier alpha value is -3.22. The number of hydrogen-bond donors (Lipinski definition) is 1. The van der Waals surface area contributed by atoms with Crippen molar-refractivity contribution in [1.29, 1.82) is 0 Å². The lowest BCUT2D eigenvalue weighted by molar-refractivity contribution is -0.128. The van der Waals surface area contributed by atoms with Crippen LogP contribution in [0.2, 0.25) is 0 Å². The second-order valence-corrected chi connectivity index (χ2v) is 8.58. The van der Waals surface area contributed by atoms with E-state index in [0.29, 0.717) is 19.5 Å². The molecule has 2 aromatic carbocycles. The van der Waals surface area contributed by atoms with Crippen LogP contribution in [-0.4, -0.2) is 68.0 Å². The number of carbonyl (C=O) groups is 1. The summed E-state index contributed by atoms with van der Waals surface area (Å²) in [4.78, 5) is 23.5. The first-order valence-electron chi connectivity index (χ1n) is 11.9. The molecular formula is C26H35N5O2. The van der Waals surface area contributed by atoms with Crippen LogP contribution in [-0.2, 0) is 17.9 Å². The van der Waals surface area contributed by atoms with Crippen LogP contribution in [0.3, 0.4) is 0 Å². The van der Waals surface area contributed by atoms with Crippen molar-refractivity contribution in [2.75, 3.05) is 51.3 Å². The number of anilines is 1. The largest absolute Gasteiger partial charge is 0.497 e. The summed E-state index contributed by atoms with van der Waals surface area (Å²) in [5.41, 5.74) is 3.59. The summed E-state index contributed by atoms with van der Waals surface area (Å²) in [6, 6.07) is 16.8. The van der Waals surface area contributed by atoms with E-state index < -0.39 is 0 Å². The molecule has 0 aromatic heterocycles. The normalized spacial score (nSPS) is 17.0. The van der Waals surface area contributed by atoms with Crippen molar-refractivity contribution in [2.24, 2.45) is 4.99 Å². The monoisotopic (exact) mass is 449 g/mol. The topological polar surface area (TPSA) is 60.4 Å². The standard InChI is InChI=1S/C26H35N5O2/c1-3-27-26(30-17-15-29(16-18-30)23-10-12-24(33-2)13-11-23)28-19-21-6-8-22(9-7-21)20-31-14-4-5-25(31)32/h6-13H,3-5,14-20H2,1-2H3,(H,27,28). The van der Waals surface area contributed by atoms with Gasteiger partial charge in [-0.1, -0.05) is 24.3 Å². The summed E-state index contributed by atoms with van der Waals surface area (Å²) in [5.74, 6) is 2.13. The summed E-state index contributed by atoms with van der Waals surface area (Å²) in [5, 5.41) is 3.45. The number of piperazine rings is 1. The van der Waals surface area contributed by atoms with Crippen molar-refractivity contribution in [2.45, 2.75) is 32.9 Å². The van der Waals surface area contributed by atoms with Gasteiger partial charge in [0.05, 0.1) is 13.7 Å².